The summed E-state index contributed by atoms with van der Waals surface area (Å²) in [6.07, 6.45) is 1.79. The zero-order chi connectivity index (χ0) is 31.5. The summed E-state index contributed by atoms with van der Waals surface area (Å²) in [6, 6.07) is 28.6. The fourth-order valence-corrected chi connectivity index (χ4v) is 6.48. The van der Waals surface area contributed by atoms with Crippen molar-refractivity contribution in [3.8, 4) is 11.5 Å². The molecule has 0 fully saturated rings. The molecule has 1 aliphatic heterocycles. The number of thiazole rings is 1. The molecule has 10 heteroatoms. The number of amides is 1. The highest BCUT2D eigenvalue weighted by Crippen LogP contribution is 2.32. The Bertz CT molecular complexity index is 2120. The molecule has 1 aromatic heterocycles. The zero-order valence-electron chi connectivity index (χ0n) is 24.3. The molecule has 1 aliphatic rings. The third-order valence-corrected chi connectivity index (χ3v) is 9.01. The molecule has 0 unspecified atom stereocenters. The third kappa shape index (κ3) is 6.44. The summed E-state index contributed by atoms with van der Waals surface area (Å²) < 4.78 is 13.7. The summed E-state index contributed by atoms with van der Waals surface area (Å²) >= 11 is 13.5. The number of benzene rings is 4. The SMILES string of the molecule is COc1cccc([C@@H]2C(C(=O)Nc3ccccc3)=C(C)N=c3s/c(=C\c4ccccc4OCc4ccc(Cl)c(Cl)c4)c(=O)n32)c1. The quantitative estimate of drug-likeness (QED) is 0.200. The number of allylic oxidation sites excluding steroid dienone is 1. The Morgan fingerprint density at radius 1 is 0.978 bits per heavy atom. The highest BCUT2D eigenvalue weighted by Gasteiger charge is 2.32. The summed E-state index contributed by atoms with van der Waals surface area (Å²) in [5, 5.41) is 3.89. The zero-order valence-corrected chi connectivity index (χ0v) is 26.6. The van der Waals surface area contributed by atoms with E-state index in [0.717, 1.165) is 16.7 Å². The molecule has 0 aliphatic carbocycles. The maximum absolute atomic E-state index is 14.2. The average Bonchev–Trinajstić information content (AvgIpc) is 3.35. The van der Waals surface area contributed by atoms with E-state index in [1.807, 2.05) is 84.9 Å². The van der Waals surface area contributed by atoms with Crippen LogP contribution in [0.1, 0.15) is 29.7 Å². The normalized spacial score (nSPS) is 14.5. The van der Waals surface area contributed by atoms with Crippen molar-refractivity contribution >= 4 is 52.2 Å². The minimum Gasteiger partial charge on any atom is -0.497 e. The molecule has 5 aromatic rings. The minimum atomic E-state index is -0.733. The summed E-state index contributed by atoms with van der Waals surface area (Å²) in [7, 11) is 1.58. The van der Waals surface area contributed by atoms with E-state index in [2.05, 4.69) is 5.32 Å². The maximum atomic E-state index is 14.2. The van der Waals surface area contributed by atoms with Gasteiger partial charge in [-0.2, -0.15) is 0 Å². The van der Waals surface area contributed by atoms with Crippen molar-refractivity contribution in [2.75, 3.05) is 12.4 Å². The van der Waals surface area contributed by atoms with Crippen molar-refractivity contribution in [1.29, 1.82) is 0 Å². The van der Waals surface area contributed by atoms with Gasteiger partial charge in [-0.15, -0.1) is 0 Å². The van der Waals surface area contributed by atoms with E-state index in [-0.39, 0.29) is 18.1 Å². The number of ether oxygens (including phenoxy) is 2. The molecular weight excluding hydrogens is 629 g/mol. The van der Waals surface area contributed by atoms with Crippen LogP contribution in [0.15, 0.2) is 118 Å². The van der Waals surface area contributed by atoms with Gasteiger partial charge in [0.05, 0.1) is 39.0 Å². The predicted octanol–water partition coefficient (Wildman–Crippen LogP) is 6.77. The number of methoxy groups -OCH3 is 1. The minimum absolute atomic E-state index is 0.262. The van der Waals surface area contributed by atoms with Gasteiger partial charge in [0.15, 0.2) is 4.80 Å². The Kier molecular flexibility index (Phi) is 8.89. The molecule has 0 spiro atoms. The molecule has 7 nitrogen and oxygen atoms in total. The van der Waals surface area contributed by atoms with Gasteiger partial charge in [-0.05, 0) is 66.6 Å². The molecule has 1 amide bonds. The van der Waals surface area contributed by atoms with E-state index in [4.69, 9.17) is 37.7 Å². The summed E-state index contributed by atoms with van der Waals surface area (Å²) in [4.78, 5) is 33.2. The molecule has 45 heavy (non-hydrogen) atoms. The van der Waals surface area contributed by atoms with E-state index in [1.165, 1.54) is 11.3 Å². The van der Waals surface area contributed by atoms with E-state index in [9.17, 15) is 9.59 Å². The van der Waals surface area contributed by atoms with Crippen LogP contribution in [0.25, 0.3) is 6.08 Å². The summed E-state index contributed by atoms with van der Waals surface area (Å²) in [6.45, 7) is 2.05. The average molecular weight is 657 g/mol. The number of fused-ring (bicyclic) bond motifs is 1. The molecular formula is C35H27Cl2N3O4S. The van der Waals surface area contributed by atoms with Crippen LogP contribution in [0.2, 0.25) is 10.0 Å². The van der Waals surface area contributed by atoms with Crippen molar-refractivity contribution < 1.29 is 14.3 Å². The van der Waals surface area contributed by atoms with Gasteiger partial charge in [-0.1, -0.05) is 89.1 Å². The van der Waals surface area contributed by atoms with Gasteiger partial charge in [0.25, 0.3) is 11.5 Å². The van der Waals surface area contributed by atoms with E-state index >= 15 is 0 Å². The highest BCUT2D eigenvalue weighted by atomic mass is 35.5. The van der Waals surface area contributed by atoms with Crippen molar-refractivity contribution in [3.63, 3.8) is 0 Å². The topological polar surface area (TPSA) is 81.9 Å². The van der Waals surface area contributed by atoms with Crippen LogP contribution in [0.5, 0.6) is 11.5 Å². The Labute approximate surface area is 273 Å². The van der Waals surface area contributed by atoms with Crippen molar-refractivity contribution in [2.45, 2.75) is 19.6 Å². The van der Waals surface area contributed by atoms with Crippen molar-refractivity contribution in [2.24, 2.45) is 4.99 Å². The van der Waals surface area contributed by atoms with Crippen LogP contribution in [0, 0.1) is 0 Å². The number of anilines is 1. The number of carbonyl (C=O) groups is 1. The van der Waals surface area contributed by atoms with Crippen LogP contribution in [-0.2, 0) is 11.4 Å². The van der Waals surface area contributed by atoms with Crippen LogP contribution in [0.3, 0.4) is 0 Å². The fraction of sp³-hybridized carbons (Fsp3) is 0.114. The highest BCUT2D eigenvalue weighted by molar-refractivity contribution is 7.07. The van der Waals surface area contributed by atoms with Gasteiger partial charge in [0, 0.05) is 11.3 Å². The molecule has 1 atom stereocenters. The number of nitrogens with one attached hydrogen (secondary N) is 1. The molecule has 226 valence electrons. The number of carbonyl (C=O) groups excluding carboxylic acids is 1. The third-order valence-electron chi connectivity index (χ3n) is 7.29. The van der Waals surface area contributed by atoms with Crippen LogP contribution < -0.4 is 29.7 Å². The standard InChI is InChI=1S/C35H27Cl2N3O4S/c1-21-31(33(41)39-25-11-4-3-5-12-25)32(24-10-8-13-26(18-24)43-2)40-34(42)30(45-35(40)38-21)19-23-9-6-7-14-29(23)44-20-22-15-16-27(36)28(37)17-22/h3-19,32H,20H2,1-2H3,(H,39,41)/b30-19-/t32-/m1/s1. The second-order valence-electron chi connectivity index (χ2n) is 10.3. The van der Waals surface area contributed by atoms with Gasteiger partial charge >= 0.3 is 0 Å². The predicted molar refractivity (Wildman–Crippen MR) is 179 cm³/mol. The van der Waals surface area contributed by atoms with Crippen molar-refractivity contribution in [3.05, 3.63) is 155 Å². The first-order valence-electron chi connectivity index (χ1n) is 14.0. The molecule has 0 saturated carbocycles. The smallest absolute Gasteiger partial charge is 0.271 e. The largest absolute Gasteiger partial charge is 0.497 e. The van der Waals surface area contributed by atoms with Crippen LogP contribution in [-0.4, -0.2) is 17.6 Å². The molecule has 1 N–H and O–H groups in total. The lowest BCUT2D eigenvalue weighted by Crippen LogP contribution is -2.40. The summed E-state index contributed by atoms with van der Waals surface area (Å²) in [5.74, 6) is 0.864. The molecule has 0 radical (unpaired) electrons. The van der Waals surface area contributed by atoms with E-state index < -0.39 is 6.04 Å². The molecule has 0 bridgehead atoms. The number of hydrogen-bond acceptors (Lipinski definition) is 6. The van der Waals surface area contributed by atoms with Crippen LogP contribution in [0.4, 0.5) is 5.69 Å². The Morgan fingerprint density at radius 2 is 1.76 bits per heavy atom. The number of para-hydroxylation sites is 2. The monoisotopic (exact) mass is 655 g/mol. The number of aromatic nitrogens is 1. The van der Waals surface area contributed by atoms with E-state index in [0.29, 0.717) is 47.8 Å². The second-order valence-corrected chi connectivity index (χ2v) is 12.1. The Balaban J connectivity index is 1.42. The van der Waals surface area contributed by atoms with Crippen LogP contribution >= 0.6 is 34.5 Å². The summed E-state index contributed by atoms with van der Waals surface area (Å²) in [5.41, 5.74) is 3.56. The van der Waals surface area contributed by atoms with Crippen molar-refractivity contribution in [1.82, 2.24) is 4.57 Å². The Hall–Kier alpha value is -4.63. The second kappa shape index (κ2) is 13.2. The van der Waals surface area contributed by atoms with Gasteiger partial charge in [0.2, 0.25) is 0 Å². The first kappa shape index (κ1) is 30.4. The van der Waals surface area contributed by atoms with Gasteiger partial charge < -0.3 is 14.8 Å². The van der Waals surface area contributed by atoms with Gasteiger partial charge in [-0.25, -0.2) is 4.99 Å². The lowest BCUT2D eigenvalue weighted by Gasteiger charge is -2.25. The molecule has 6 rings (SSSR count). The maximum Gasteiger partial charge on any atom is 0.271 e. The number of hydrogen-bond donors (Lipinski definition) is 1. The Morgan fingerprint density at radius 3 is 2.53 bits per heavy atom. The van der Waals surface area contributed by atoms with E-state index in [1.54, 1.807) is 36.8 Å². The number of rotatable bonds is 8. The first-order valence-corrected chi connectivity index (χ1v) is 15.6. The molecule has 0 saturated heterocycles. The van der Waals surface area contributed by atoms with Gasteiger partial charge in [-0.3, -0.25) is 14.2 Å². The lowest BCUT2D eigenvalue weighted by atomic mass is 9.95. The molecule has 4 aromatic carbocycles. The number of nitrogens with zero attached hydrogens (tertiary/aromatic N) is 2. The first-order chi connectivity index (χ1) is 21.8. The molecule has 2 heterocycles. The lowest BCUT2D eigenvalue weighted by molar-refractivity contribution is -0.113. The fourth-order valence-electron chi connectivity index (χ4n) is 5.12. The number of halogens is 2. The van der Waals surface area contributed by atoms with Gasteiger partial charge in [0.1, 0.15) is 18.1 Å².